The van der Waals surface area contributed by atoms with Crippen molar-refractivity contribution >= 4 is 10.8 Å². The van der Waals surface area contributed by atoms with Crippen LogP contribution < -0.4 is 5.32 Å². The fraction of sp³-hybridized carbons (Fsp3) is 1.00. The van der Waals surface area contributed by atoms with Gasteiger partial charge in [-0.05, 0) is 32.2 Å². The van der Waals surface area contributed by atoms with E-state index in [1.807, 2.05) is 0 Å². The first-order chi connectivity index (χ1) is 8.70. The Morgan fingerprint density at radius 3 is 2.44 bits per heavy atom. The highest BCUT2D eigenvalue weighted by molar-refractivity contribution is 7.86. The van der Waals surface area contributed by atoms with E-state index < -0.39 is 10.8 Å². The molecule has 1 aliphatic rings. The number of hydrogen-bond donors (Lipinski definition) is 1. The first-order valence-electron chi connectivity index (χ1n) is 7.83. The lowest BCUT2D eigenvalue weighted by Crippen LogP contribution is -2.45. The number of rotatable bonds is 6. The minimum Gasteiger partial charge on any atom is -0.313 e. The van der Waals surface area contributed by atoms with Gasteiger partial charge in [0.25, 0.3) is 0 Å². The van der Waals surface area contributed by atoms with Crippen LogP contribution in [0.3, 0.4) is 0 Å². The predicted octanol–water partition coefficient (Wildman–Crippen LogP) is 3.62. The second kappa shape index (κ2) is 9.08. The zero-order chi connectivity index (χ0) is 13.4. The van der Waals surface area contributed by atoms with Crippen molar-refractivity contribution in [2.45, 2.75) is 88.7 Å². The maximum atomic E-state index is 12.6. The average Bonchev–Trinajstić information content (AvgIpc) is 2.36. The largest absolute Gasteiger partial charge is 0.313 e. The van der Waals surface area contributed by atoms with Crippen LogP contribution in [0.5, 0.6) is 0 Å². The van der Waals surface area contributed by atoms with Gasteiger partial charge in [0.1, 0.15) is 0 Å². The lowest BCUT2D eigenvalue weighted by atomic mass is 9.96. The van der Waals surface area contributed by atoms with Crippen molar-refractivity contribution < 1.29 is 4.21 Å². The quantitative estimate of drug-likeness (QED) is 0.801. The van der Waals surface area contributed by atoms with Crippen LogP contribution in [0.2, 0.25) is 0 Å². The van der Waals surface area contributed by atoms with Crippen molar-refractivity contribution in [3.05, 3.63) is 0 Å². The smallest absolute Gasteiger partial charge is 0.0503 e. The van der Waals surface area contributed by atoms with Gasteiger partial charge < -0.3 is 5.32 Å². The van der Waals surface area contributed by atoms with E-state index in [4.69, 9.17) is 0 Å². The highest BCUT2D eigenvalue weighted by Gasteiger charge is 2.29. The van der Waals surface area contributed by atoms with E-state index in [1.54, 1.807) is 0 Å². The van der Waals surface area contributed by atoms with Crippen molar-refractivity contribution in [1.29, 1.82) is 0 Å². The lowest BCUT2D eigenvalue weighted by Gasteiger charge is -2.31. The molecular formula is C15H31NOS. The van der Waals surface area contributed by atoms with Gasteiger partial charge in [-0.1, -0.05) is 46.5 Å². The van der Waals surface area contributed by atoms with Crippen LogP contribution in [0.25, 0.3) is 0 Å². The van der Waals surface area contributed by atoms with E-state index in [0.717, 1.165) is 19.4 Å². The Kier molecular flexibility index (Phi) is 8.16. The summed E-state index contributed by atoms with van der Waals surface area (Å²) in [5.74, 6) is 0. The van der Waals surface area contributed by atoms with Crippen LogP contribution in [-0.4, -0.2) is 27.3 Å². The van der Waals surface area contributed by atoms with Crippen LogP contribution in [0.1, 0.15) is 72.1 Å². The summed E-state index contributed by atoms with van der Waals surface area (Å²) in [6.45, 7) is 7.57. The second-order valence-corrected chi connectivity index (χ2v) is 7.71. The first-order valence-corrected chi connectivity index (χ1v) is 9.11. The van der Waals surface area contributed by atoms with E-state index in [0.29, 0.717) is 16.5 Å². The van der Waals surface area contributed by atoms with Gasteiger partial charge in [-0.15, -0.1) is 0 Å². The van der Waals surface area contributed by atoms with Crippen molar-refractivity contribution in [2.75, 3.05) is 6.54 Å². The predicted molar refractivity (Wildman–Crippen MR) is 81.5 cm³/mol. The molecule has 18 heavy (non-hydrogen) atoms. The maximum Gasteiger partial charge on any atom is 0.0503 e. The molecule has 1 N–H and O–H groups in total. The molecule has 0 aromatic heterocycles. The molecule has 0 saturated heterocycles. The third-order valence-corrected chi connectivity index (χ3v) is 6.42. The van der Waals surface area contributed by atoms with Gasteiger partial charge in [-0.3, -0.25) is 4.21 Å². The average molecular weight is 273 g/mol. The molecule has 0 spiro atoms. The molecule has 1 saturated carbocycles. The molecule has 108 valence electrons. The Morgan fingerprint density at radius 1 is 1.17 bits per heavy atom. The zero-order valence-electron chi connectivity index (χ0n) is 12.4. The van der Waals surface area contributed by atoms with Gasteiger partial charge in [-0.2, -0.15) is 0 Å². The summed E-state index contributed by atoms with van der Waals surface area (Å²) < 4.78 is 12.6. The van der Waals surface area contributed by atoms with Crippen LogP contribution in [0.4, 0.5) is 0 Å². The second-order valence-electron chi connectivity index (χ2n) is 5.64. The minimum absolute atomic E-state index is 0.348. The third kappa shape index (κ3) is 5.00. The van der Waals surface area contributed by atoms with E-state index >= 15 is 0 Å². The van der Waals surface area contributed by atoms with E-state index in [-0.39, 0.29) is 0 Å². The van der Waals surface area contributed by atoms with Crippen molar-refractivity contribution in [3.63, 3.8) is 0 Å². The molecule has 0 heterocycles. The summed E-state index contributed by atoms with van der Waals surface area (Å²) in [6.07, 6.45) is 9.81. The van der Waals surface area contributed by atoms with Crippen LogP contribution in [0.15, 0.2) is 0 Å². The van der Waals surface area contributed by atoms with Gasteiger partial charge in [0, 0.05) is 22.1 Å². The van der Waals surface area contributed by atoms with Crippen LogP contribution in [0, 0.1) is 0 Å². The Bertz CT molecular complexity index is 243. The Balaban J connectivity index is 2.66. The van der Waals surface area contributed by atoms with Gasteiger partial charge in [0.15, 0.2) is 0 Å². The van der Waals surface area contributed by atoms with Crippen molar-refractivity contribution in [3.8, 4) is 0 Å². The minimum atomic E-state index is -0.666. The summed E-state index contributed by atoms with van der Waals surface area (Å²) in [6, 6.07) is 0.486. The Morgan fingerprint density at radius 2 is 1.83 bits per heavy atom. The molecule has 1 aliphatic carbocycles. The van der Waals surface area contributed by atoms with E-state index in [1.165, 1.54) is 38.5 Å². The van der Waals surface area contributed by atoms with Crippen LogP contribution in [-0.2, 0) is 10.8 Å². The molecule has 4 atom stereocenters. The Labute approximate surface area is 116 Å². The normalized spacial score (nSPS) is 29.3. The van der Waals surface area contributed by atoms with Crippen molar-refractivity contribution in [1.82, 2.24) is 5.32 Å². The fourth-order valence-electron chi connectivity index (χ4n) is 2.75. The summed E-state index contributed by atoms with van der Waals surface area (Å²) in [5.41, 5.74) is 0. The first kappa shape index (κ1) is 16.2. The van der Waals surface area contributed by atoms with Gasteiger partial charge >= 0.3 is 0 Å². The lowest BCUT2D eigenvalue weighted by molar-refractivity contribution is 0.393. The summed E-state index contributed by atoms with van der Waals surface area (Å²) in [7, 11) is -0.666. The van der Waals surface area contributed by atoms with E-state index in [9.17, 15) is 4.21 Å². The number of hydrogen-bond acceptors (Lipinski definition) is 2. The molecule has 1 rings (SSSR count). The SMILES string of the molecule is CCCNC1CCCCCCC1S(=O)C(C)CC. The molecule has 2 nitrogen and oxygen atoms in total. The van der Waals surface area contributed by atoms with E-state index in [2.05, 4.69) is 26.1 Å². The molecule has 0 aromatic rings. The standard InChI is InChI=1S/C15H31NOS/c1-4-12-16-14-10-8-6-7-9-11-15(14)18(17)13(3)5-2/h13-16H,4-12H2,1-3H3. The molecule has 4 unspecified atom stereocenters. The molecule has 0 aromatic carbocycles. The fourth-order valence-corrected chi connectivity index (χ4v) is 4.63. The zero-order valence-corrected chi connectivity index (χ0v) is 13.2. The van der Waals surface area contributed by atoms with Crippen LogP contribution >= 0.6 is 0 Å². The van der Waals surface area contributed by atoms with Crippen molar-refractivity contribution in [2.24, 2.45) is 0 Å². The Hall–Kier alpha value is 0.110. The van der Waals surface area contributed by atoms with Gasteiger partial charge in [0.05, 0.1) is 5.25 Å². The highest BCUT2D eigenvalue weighted by atomic mass is 32.2. The molecule has 0 aliphatic heterocycles. The summed E-state index contributed by atoms with van der Waals surface area (Å²) in [4.78, 5) is 0. The molecule has 0 radical (unpaired) electrons. The van der Waals surface area contributed by atoms with Gasteiger partial charge in [-0.25, -0.2) is 0 Å². The molecule has 0 bridgehead atoms. The summed E-state index contributed by atoms with van der Waals surface area (Å²) >= 11 is 0. The topological polar surface area (TPSA) is 29.1 Å². The summed E-state index contributed by atoms with van der Waals surface area (Å²) in [5, 5.41) is 4.38. The molecule has 0 amide bonds. The molecular weight excluding hydrogens is 242 g/mol. The third-order valence-electron chi connectivity index (χ3n) is 4.13. The number of nitrogens with one attached hydrogen (secondary N) is 1. The molecule has 3 heteroatoms. The molecule has 1 fully saturated rings. The maximum absolute atomic E-state index is 12.6. The monoisotopic (exact) mass is 273 g/mol. The highest BCUT2D eigenvalue weighted by Crippen LogP contribution is 2.24. The van der Waals surface area contributed by atoms with Gasteiger partial charge in [0.2, 0.25) is 0 Å².